The zero-order valence-corrected chi connectivity index (χ0v) is 20.4. The summed E-state index contributed by atoms with van der Waals surface area (Å²) in [5, 5.41) is 11.1. The van der Waals surface area contributed by atoms with Gasteiger partial charge in [-0.15, -0.1) is 0 Å². The van der Waals surface area contributed by atoms with E-state index in [0.29, 0.717) is 31.9 Å². The Hall–Kier alpha value is -2.68. The third-order valence-electron chi connectivity index (χ3n) is 6.14. The molecule has 1 amide bonds. The minimum absolute atomic E-state index is 0.127. The average molecular weight is 514 g/mol. The molecule has 2 aliphatic rings. The summed E-state index contributed by atoms with van der Waals surface area (Å²) in [5.74, 6) is -1.39. The lowest BCUT2D eigenvalue weighted by molar-refractivity contribution is -0.140. The number of aliphatic hydroxyl groups is 1. The summed E-state index contributed by atoms with van der Waals surface area (Å²) in [6.07, 6.45) is 0. The van der Waals surface area contributed by atoms with E-state index in [1.165, 1.54) is 0 Å². The van der Waals surface area contributed by atoms with E-state index < -0.39 is 17.7 Å². The van der Waals surface area contributed by atoms with Gasteiger partial charge in [0.1, 0.15) is 5.76 Å². The molecular formula is C25H28BrN3O4. The predicted molar refractivity (Wildman–Crippen MR) is 131 cm³/mol. The smallest absolute Gasteiger partial charge is 0.295 e. The lowest BCUT2D eigenvalue weighted by atomic mass is 9.95. The van der Waals surface area contributed by atoms with E-state index >= 15 is 0 Å². The zero-order chi connectivity index (χ0) is 23.5. The van der Waals surface area contributed by atoms with Crippen LogP contribution in [-0.2, 0) is 14.3 Å². The van der Waals surface area contributed by atoms with E-state index in [1.54, 1.807) is 29.2 Å². The van der Waals surface area contributed by atoms with Crippen LogP contribution in [0.4, 0.5) is 5.69 Å². The molecular weight excluding hydrogens is 486 g/mol. The largest absolute Gasteiger partial charge is 0.507 e. The molecule has 2 aromatic carbocycles. The molecule has 174 valence electrons. The number of ether oxygens (including phenoxy) is 1. The van der Waals surface area contributed by atoms with Gasteiger partial charge < -0.3 is 19.6 Å². The van der Waals surface area contributed by atoms with Crippen LogP contribution >= 0.6 is 15.9 Å². The number of hydrogen-bond donors (Lipinski definition) is 1. The lowest BCUT2D eigenvalue weighted by Crippen LogP contribution is -2.42. The Morgan fingerprint density at radius 2 is 1.67 bits per heavy atom. The van der Waals surface area contributed by atoms with Gasteiger partial charge in [-0.2, -0.15) is 0 Å². The number of aliphatic hydroxyl groups excluding tert-OH is 1. The molecule has 2 fully saturated rings. The summed E-state index contributed by atoms with van der Waals surface area (Å²) in [5.41, 5.74) is 2.43. The van der Waals surface area contributed by atoms with Crippen molar-refractivity contribution < 1.29 is 19.4 Å². The highest BCUT2D eigenvalue weighted by Gasteiger charge is 2.46. The number of rotatable bonds is 6. The van der Waals surface area contributed by atoms with Crippen LogP contribution in [0.3, 0.4) is 0 Å². The second kappa shape index (κ2) is 10.1. The van der Waals surface area contributed by atoms with Crippen molar-refractivity contribution in [3.05, 3.63) is 69.7 Å². The number of carbonyl (C=O) groups excluding carboxylic acids is 2. The van der Waals surface area contributed by atoms with Crippen molar-refractivity contribution in [1.82, 2.24) is 9.80 Å². The van der Waals surface area contributed by atoms with Gasteiger partial charge in [0.05, 0.1) is 24.8 Å². The van der Waals surface area contributed by atoms with Crippen LogP contribution in [0.2, 0.25) is 0 Å². The molecule has 0 unspecified atom stereocenters. The number of carbonyl (C=O) groups is 2. The van der Waals surface area contributed by atoms with Gasteiger partial charge in [-0.1, -0.05) is 40.2 Å². The van der Waals surface area contributed by atoms with E-state index in [2.05, 4.69) is 20.8 Å². The third kappa shape index (κ3) is 4.98. The molecule has 2 saturated heterocycles. The minimum Gasteiger partial charge on any atom is -0.507 e. The van der Waals surface area contributed by atoms with Crippen LogP contribution < -0.4 is 4.90 Å². The molecule has 0 aliphatic carbocycles. The molecule has 7 nitrogen and oxygen atoms in total. The maximum Gasteiger partial charge on any atom is 0.295 e. The molecule has 33 heavy (non-hydrogen) atoms. The van der Waals surface area contributed by atoms with Crippen molar-refractivity contribution in [3.63, 3.8) is 0 Å². The van der Waals surface area contributed by atoms with E-state index in [0.717, 1.165) is 28.8 Å². The van der Waals surface area contributed by atoms with Crippen LogP contribution in [0.25, 0.3) is 5.76 Å². The van der Waals surface area contributed by atoms with Crippen molar-refractivity contribution in [2.45, 2.75) is 6.04 Å². The Balaban J connectivity index is 1.73. The van der Waals surface area contributed by atoms with Gasteiger partial charge >= 0.3 is 0 Å². The molecule has 0 spiro atoms. The first kappa shape index (κ1) is 23.5. The Morgan fingerprint density at radius 1 is 1.03 bits per heavy atom. The topological polar surface area (TPSA) is 73.3 Å². The Kier molecular flexibility index (Phi) is 7.17. The highest BCUT2D eigenvalue weighted by Crippen LogP contribution is 2.39. The Labute approximate surface area is 202 Å². The van der Waals surface area contributed by atoms with Crippen LogP contribution in [0.15, 0.2) is 58.6 Å². The van der Waals surface area contributed by atoms with Crippen molar-refractivity contribution in [3.8, 4) is 0 Å². The molecule has 2 heterocycles. The quantitative estimate of drug-likeness (QED) is 0.363. The average Bonchev–Trinajstić information content (AvgIpc) is 3.08. The lowest BCUT2D eigenvalue weighted by Gasteiger charge is -2.31. The second-order valence-corrected chi connectivity index (χ2v) is 9.36. The highest BCUT2D eigenvalue weighted by atomic mass is 79.9. The first-order valence-electron chi connectivity index (χ1n) is 11.0. The molecule has 0 radical (unpaired) electrons. The van der Waals surface area contributed by atoms with E-state index in [-0.39, 0.29) is 11.3 Å². The first-order chi connectivity index (χ1) is 15.9. The van der Waals surface area contributed by atoms with Crippen LogP contribution in [0.5, 0.6) is 0 Å². The molecule has 1 N–H and O–H groups in total. The maximum absolute atomic E-state index is 13.1. The molecule has 0 aromatic heterocycles. The number of ketones is 1. The normalized spacial score (nSPS) is 20.9. The number of nitrogens with zero attached hydrogens (tertiary/aromatic N) is 3. The summed E-state index contributed by atoms with van der Waals surface area (Å²) >= 11 is 3.39. The van der Waals surface area contributed by atoms with Crippen molar-refractivity contribution >= 4 is 39.1 Å². The summed E-state index contributed by atoms with van der Waals surface area (Å²) in [6, 6.07) is 14.2. The monoisotopic (exact) mass is 513 g/mol. The van der Waals surface area contributed by atoms with Gasteiger partial charge in [0.15, 0.2) is 0 Å². The number of anilines is 1. The van der Waals surface area contributed by atoms with Crippen LogP contribution in [-0.4, -0.2) is 80.1 Å². The van der Waals surface area contributed by atoms with E-state index in [9.17, 15) is 14.7 Å². The summed E-state index contributed by atoms with van der Waals surface area (Å²) < 4.78 is 6.27. The molecule has 0 saturated carbocycles. The Bertz CT molecular complexity index is 1040. The zero-order valence-electron chi connectivity index (χ0n) is 18.8. The SMILES string of the molecule is CN(C)c1ccc([C@H]2/C(=C(\O)c3ccc(Br)cc3)C(=O)C(=O)N2CCN2CCOCC2)cc1. The predicted octanol–water partition coefficient (Wildman–Crippen LogP) is 3.27. The fourth-order valence-corrected chi connectivity index (χ4v) is 4.51. The van der Waals surface area contributed by atoms with Crippen molar-refractivity contribution in [2.24, 2.45) is 0 Å². The number of benzene rings is 2. The first-order valence-corrected chi connectivity index (χ1v) is 11.8. The Morgan fingerprint density at radius 3 is 2.27 bits per heavy atom. The summed E-state index contributed by atoms with van der Waals surface area (Å²) in [7, 11) is 3.91. The van der Waals surface area contributed by atoms with Gasteiger partial charge in [0.2, 0.25) is 0 Å². The van der Waals surface area contributed by atoms with Gasteiger partial charge in [-0.3, -0.25) is 14.5 Å². The van der Waals surface area contributed by atoms with Gasteiger partial charge in [0.25, 0.3) is 11.7 Å². The maximum atomic E-state index is 13.1. The van der Waals surface area contributed by atoms with E-state index in [1.807, 2.05) is 43.3 Å². The fraction of sp³-hybridized carbons (Fsp3) is 0.360. The number of hydrogen-bond acceptors (Lipinski definition) is 6. The second-order valence-electron chi connectivity index (χ2n) is 8.44. The highest BCUT2D eigenvalue weighted by molar-refractivity contribution is 9.10. The molecule has 4 rings (SSSR count). The van der Waals surface area contributed by atoms with Gasteiger partial charge in [0, 0.05) is 56.0 Å². The van der Waals surface area contributed by atoms with Gasteiger partial charge in [-0.25, -0.2) is 0 Å². The van der Waals surface area contributed by atoms with Crippen LogP contribution in [0, 0.1) is 0 Å². The molecule has 1 atom stereocenters. The molecule has 0 bridgehead atoms. The number of amides is 1. The van der Waals surface area contributed by atoms with Crippen molar-refractivity contribution in [2.75, 3.05) is 58.4 Å². The summed E-state index contributed by atoms with van der Waals surface area (Å²) in [6.45, 7) is 3.95. The molecule has 2 aliphatic heterocycles. The van der Waals surface area contributed by atoms with E-state index in [4.69, 9.17) is 4.74 Å². The van der Waals surface area contributed by atoms with Gasteiger partial charge in [-0.05, 0) is 29.8 Å². The fourth-order valence-electron chi connectivity index (χ4n) is 4.25. The molecule has 2 aromatic rings. The number of halogens is 1. The number of morpholine rings is 1. The number of Topliss-reactive ketones (excluding diaryl/α,β-unsaturated/α-hetero) is 1. The standard InChI is InChI=1S/C25H28BrN3O4/c1-27(2)20-9-5-17(6-10-20)22-21(23(30)18-3-7-19(26)8-4-18)24(31)25(32)29(22)12-11-28-13-15-33-16-14-28/h3-10,22,30H,11-16H2,1-2H3/b23-21+/t22-/m0/s1. The van der Waals surface area contributed by atoms with Crippen molar-refractivity contribution in [1.29, 1.82) is 0 Å². The minimum atomic E-state index is -0.654. The van der Waals surface area contributed by atoms with Crippen LogP contribution in [0.1, 0.15) is 17.2 Å². The molecule has 8 heteroatoms. The third-order valence-corrected chi connectivity index (χ3v) is 6.67. The summed E-state index contributed by atoms with van der Waals surface area (Å²) in [4.78, 5) is 32.1. The number of likely N-dealkylation sites (tertiary alicyclic amines) is 1.